The fraction of sp³-hybridized carbons (Fsp3) is 0.500. The van der Waals surface area contributed by atoms with Gasteiger partial charge in [-0.25, -0.2) is 0 Å². The van der Waals surface area contributed by atoms with Crippen molar-refractivity contribution >= 4 is 11.5 Å². The van der Waals surface area contributed by atoms with E-state index in [4.69, 9.17) is 4.74 Å². The van der Waals surface area contributed by atoms with Crippen LogP contribution in [-0.2, 0) is 0 Å². The van der Waals surface area contributed by atoms with Crippen molar-refractivity contribution < 1.29 is 14.5 Å². The second kappa shape index (κ2) is 6.87. The lowest BCUT2D eigenvalue weighted by Gasteiger charge is -2.12. The molecule has 1 atom stereocenters. The van der Waals surface area contributed by atoms with Crippen LogP contribution in [0.4, 0.5) is 5.69 Å². The van der Waals surface area contributed by atoms with Crippen LogP contribution in [0, 0.1) is 16.0 Å². The highest BCUT2D eigenvalue weighted by Crippen LogP contribution is 2.25. The molecule has 0 bridgehead atoms. The highest BCUT2D eigenvalue weighted by molar-refractivity contribution is 5.98. The molecule has 1 aromatic carbocycles. The number of ether oxygens (including phenoxy) is 1. The first-order valence-electron chi connectivity index (χ1n) is 6.37. The number of carbonyl (C=O) groups excluding carboxylic acids is 1. The van der Waals surface area contributed by atoms with Gasteiger partial charge in [0.1, 0.15) is 5.75 Å². The number of nitrogens with zero attached hydrogens (tertiary/aromatic N) is 1. The lowest BCUT2D eigenvalue weighted by atomic mass is 10.1. The monoisotopic (exact) mass is 265 g/mol. The number of carbonyl (C=O) groups is 1. The first-order valence-corrected chi connectivity index (χ1v) is 6.37. The third-order valence-electron chi connectivity index (χ3n) is 2.86. The van der Waals surface area contributed by atoms with Crippen molar-refractivity contribution in [1.82, 2.24) is 0 Å². The van der Waals surface area contributed by atoms with Gasteiger partial charge >= 0.3 is 0 Å². The van der Waals surface area contributed by atoms with Crippen LogP contribution >= 0.6 is 0 Å². The van der Waals surface area contributed by atoms with E-state index in [1.165, 1.54) is 25.1 Å². The van der Waals surface area contributed by atoms with Crippen LogP contribution in [-0.4, -0.2) is 17.3 Å². The first kappa shape index (κ1) is 15.1. The molecule has 5 nitrogen and oxygen atoms in total. The summed E-state index contributed by atoms with van der Waals surface area (Å²) in [5.41, 5.74) is -0.0906. The van der Waals surface area contributed by atoms with Gasteiger partial charge in [-0.2, -0.15) is 0 Å². The molecular formula is C14H19NO4. The zero-order valence-corrected chi connectivity index (χ0v) is 11.5. The predicted octanol–water partition coefficient (Wildman–Crippen LogP) is 3.61. The van der Waals surface area contributed by atoms with Crippen LogP contribution in [0.5, 0.6) is 5.75 Å². The summed E-state index contributed by atoms with van der Waals surface area (Å²) in [6.07, 6.45) is 2.15. The quantitative estimate of drug-likeness (QED) is 0.429. The van der Waals surface area contributed by atoms with Crippen LogP contribution in [0.3, 0.4) is 0 Å². The fourth-order valence-electron chi connectivity index (χ4n) is 1.86. The molecule has 1 unspecified atom stereocenters. The van der Waals surface area contributed by atoms with Gasteiger partial charge in [0, 0.05) is 6.07 Å². The number of Topliss-reactive ketones (excluding diaryl/α,β-unsaturated/α-hetero) is 1. The van der Waals surface area contributed by atoms with Crippen LogP contribution < -0.4 is 4.74 Å². The average molecular weight is 265 g/mol. The molecule has 19 heavy (non-hydrogen) atoms. The Morgan fingerprint density at radius 3 is 2.68 bits per heavy atom. The van der Waals surface area contributed by atoms with Gasteiger partial charge in [-0.1, -0.05) is 20.3 Å². The summed E-state index contributed by atoms with van der Waals surface area (Å²) in [6.45, 7) is 6.05. The second-order valence-electron chi connectivity index (χ2n) is 4.70. The highest BCUT2D eigenvalue weighted by atomic mass is 16.6. The molecule has 1 rings (SSSR count). The van der Waals surface area contributed by atoms with Crippen LogP contribution in [0.1, 0.15) is 44.0 Å². The van der Waals surface area contributed by atoms with E-state index < -0.39 is 4.92 Å². The Bertz CT molecular complexity index is 471. The molecule has 104 valence electrons. The third-order valence-corrected chi connectivity index (χ3v) is 2.86. The molecule has 0 amide bonds. The van der Waals surface area contributed by atoms with E-state index in [9.17, 15) is 14.9 Å². The molecule has 0 fully saturated rings. The number of nitro groups is 1. The predicted molar refractivity (Wildman–Crippen MR) is 72.7 cm³/mol. The summed E-state index contributed by atoms with van der Waals surface area (Å²) in [5.74, 6) is 0.582. The van der Waals surface area contributed by atoms with Gasteiger partial charge < -0.3 is 4.74 Å². The normalized spacial score (nSPS) is 11.9. The van der Waals surface area contributed by atoms with Crippen molar-refractivity contribution in [3.05, 3.63) is 33.9 Å². The van der Waals surface area contributed by atoms with E-state index in [-0.39, 0.29) is 17.0 Å². The Hall–Kier alpha value is -1.91. The van der Waals surface area contributed by atoms with Gasteiger partial charge in [0.2, 0.25) is 0 Å². The van der Waals surface area contributed by atoms with Crippen molar-refractivity contribution in [3.63, 3.8) is 0 Å². The van der Waals surface area contributed by atoms with E-state index in [0.29, 0.717) is 18.3 Å². The summed E-state index contributed by atoms with van der Waals surface area (Å²) in [5, 5.41) is 10.8. The lowest BCUT2D eigenvalue weighted by molar-refractivity contribution is -0.385. The second-order valence-corrected chi connectivity index (χ2v) is 4.70. The maximum Gasteiger partial charge on any atom is 0.280 e. The highest BCUT2D eigenvalue weighted by Gasteiger charge is 2.18. The maximum atomic E-state index is 11.4. The molecule has 0 aliphatic heterocycles. The molecule has 0 heterocycles. The number of ketones is 1. The van der Waals surface area contributed by atoms with E-state index in [0.717, 1.165) is 12.8 Å². The minimum Gasteiger partial charge on any atom is -0.493 e. The Balaban J connectivity index is 2.84. The number of benzene rings is 1. The Labute approximate surface area is 112 Å². The number of nitro benzene ring substituents is 1. The van der Waals surface area contributed by atoms with E-state index in [1.54, 1.807) is 0 Å². The Morgan fingerprint density at radius 1 is 1.47 bits per heavy atom. The largest absolute Gasteiger partial charge is 0.493 e. The van der Waals surface area contributed by atoms with Gasteiger partial charge in [0.25, 0.3) is 5.69 Å². The number of hydrogen-bond donors (Lipinski definition) is 0. The summed E-state index contributed by atoms with van der Waals surface area (Å²) in [7, 11) is 0. The molecule has 1 aromatic rings. The topological polar surface area (TPSA) is 69.4 Å². The Kier molecular flexibility index (Phi) is 5.48. The van der Waals surface area contributed by atoms with Gasteiger partial charge in [0.15, 0.2) is 5.78 Å². The van der Waals surface area contributed by atoms with Gasteiger partial charge in [-0.3, -0.25) is 14.9 Å². The SMILES string of the molecule is CCCC(C)COc1ccc([N+](=O)[O-])c(C(C)=O)c1. The maximum absolute atomic E-state index is 11.4. The molecule has 0 saturated heterocycles. The third kappa shape index (κ3) is 4.35. The molecular weight excluding hydrogens is 246 g/mol. The summed E-state index contributed by atoms with van der Waals surface area (Å²) in [4.78, 5) is 21.6. The average Bonchev–Trinajstić information content (AvgIpc) is 2.36. The molecule has 0 aliphatic carbocycles. The molecule has 0 spiro atoms. The molecule has 5 heteroatoms. The molecule has 0 radical (unpaired) electrons. The number of hydrogen-bond acceptors (Lipinski definition) is 4. The summed E-state index contributed by atoms with van der Waals surface area (Å²) < 4.78 is 5.57. The van der Waals surface area contributed by atoms with E-state index in [1.807, 2.05) is 0 Å². The number of rotatable bonds is 7. The summed E-state index contributed by atoms with van der Waals surface area (Å²) >= 11 is 0. The zero-order valence-electron chi connectivity index (χ0n) is 11.5. The van der Waals surface area contributed by atoms with Gasteiger partial charge in [-0.05, 0) is 31.4 Å². The molecule has 0 aliphatic rings. The van der Waals surface area contributed by atoms with Crippen LogP contribution in [0.25, 0.3) is 0 Å². The van der Waals surface area contributed by atoms with Crippen molar-refractivity contribution in [2.45, 2.75) is 33.6 Å². The van der Waals surface area contributed by atoms with Crippen molar-refractivity contribution in [1.29, 1.82) is 0 Å². The minimum absolute atomic E-state index is 0.0886. The molecule has 0 saturated carbocycles. The molecule has 0 aromatic heterocycles. The van der Waals surface area contributed by atoms with Crippen LogP contribution in [0.2, 0.25) is 0 Å². The zero-order chi connectivity index (χ0) is 14.4. The van der Waals surface area contributed by atoms with E-state index in [2.05, 4.69) is 13.8 Å². The van der Waals surface area contributed by atoms with E-state index >= 15 is 0 Å². The molecule has 0 N–H and O–H groups in total. The fourth-order valence-corrected chi connectivity index (χ4v) is 1.86. The minimum atomic E-state index is -0.555. The van der Waals surface area contributed by atoms with Crippen molar-refractivity contribution in [2.75, 3.05) is 6.61 Å². The standard InChI is InChI=1S/C14H19NO4/c1-4-5-10(2)9-19-12-6-7-14(15(17)18)13(8-12)11(3)16/h6-8,10H,4-5,9H2,1-3H3. The van der Waals surface area contributed by atoms with Crippen molar-refractivity contribution in [2.24, 2.45) is 5.92 Å². The van der Waals surface area contributed by atoms with Gasteiger partial charge in [0.05, 0.1) is 17.1 Å². The lowest BCUT2D eigenvalue weighted by Crippen LogP contribution is -2.09. The smallest absolute Gasteiger partial charge is 0.280 e. The first-order chi connectivity index (χ1) is 8.95. The van der Waals surface area contributed by atoms with Crippen LogP contribution in [0.15, 0.2) is 18.2 Å². The Morgan fingerprint density at radius 2 is 2.16 bits per heavy atom. The summed E-state index contributed by atoms with van der Waals surface area (Å²) in [6, 6.07) is 4.29. The van der Waals surface area contributed by atoms with Crippen molar-refractivity contribution in [3.8, 4) is 5.75 Å². The van der Waals surface area contributed by atoms with Gasteiger partial charge in [-0.15, -0.1) is 0 Å².